The number of quaternary nitrogens is 1. The Labute approximate surface area is 270 Å². The van der Waals surface area contributed by atoms with Crippen molar-refractivity contribution in [3.63, 3.8) is 0 Å². The first-order valence-electron chi connectivity index (χ1n) is 14.1. The minimum Gasteiger partial charge on any atom is -1.00 e. The zero-order valence-corrected chi connectivity index (χ0v) is 27.2. The maximum atomic E-state index is 13.2. The Bertz CT molecular complexity index is 1310. The van der Waals surface area contributed by atoms with Crippen molar-refractivity contribution in [3.8, 4) is 11.5 Å². The van der Waals surface area contributed by atoms with E-state index in [4.69, 9.17) is 37.3 Å². The number of amides is 1. The second-order valence-electron chi connectivity index (χ2n) is 10.7. The first-order chi connectivity index (χ1) is 20.6. The minimum absolute atomic E-state index is 0. The van der Waals surface area contributed by atoms with Crippen LogP contribution >= 0.6 is 11.6 Å². The van der Waals surface area contributed by atoms with Gasteiger partial charge in [-0.1, -0.05) is 35.9 Å². The number of carbonyl (C=O) groups excluding carboxylic acids is 2. The lowest BCUT2D eigenvalue weighted by atomic mass is 10.1. The summed E-state index contributed by atoms with van der Waals surface area (Å²) in [4.78, 5) is 33.5. The number of halogens is 2. The molecule has 0 saturated heterocycles. The number of anilines is 2. The molecule has 3 aromatic rings. The first kappa shape index (κ1) is 36.4. The average molecular weight is 650 g/mol. The number of methoxy groups -OCH3 is 3. The van der Waals surface area contributed by atoms with E-state index in [9.17, 15) is 9.59 Å². The predicted octanol–water partition coefficient (Wildman–Crippen LogP) is 0.689. The van der Waals surface area contributed by atoms with Crippen molar-refractivity contribution in [2.24, 2.45) is 0 Å². The van der Waals surface area contributed by atoms with E-state index in [1.165, 1.54) is 18.2 Å². The summed E-state index contributed by atoms with van der Waals surface area (Å²) >= 11 is 6.00. The standard InChI is InChI=1S/C31H41ClN6O5.ClH/c1-38(17-5-7-21-9-13-24(41-2)14-10-21,18-6-8-22-11-15-25(42-3)16-12-22)20-23(19-26(39)43-4)35-31(40)27-29(33)37-30(34)28(32)36-27;/h9-16,23H,5-8,17-20H2,1-4H3,(H4-,33,34,35,37,40);1H/t23-;/m0./s1. The summed E-state index contributed by atoms with van der Waals surface area (Å²) in [6.45, 7) is 2.11. The molecule has 0 spiro atoms. The average Bonchev–Trinajstić information content (AvgIpc) is 2.99. The van der Waals surface area contributed by atoms with E-state index in [-0.39, 0.29) is 41.3 Å². The first-order valence-corrected chi connectivity index (χ1v) is 14.5. The van der Waals surface area contributed by atoms with E-state index in [0.29, 0.717) is 11.0 Å². The molecule has 1 aromatic heterocycles. The number of hydrogen-bond acceptors (Lipinski definition) is 9. The van der Waals surface area contributed by atoms with Crippen LogP contribution in [0.5, 0.6) is 11.5 Å². The molecule has 1 amide bonds. The van der Waals surface area contributed by atoms with Crippen LogP contribution in [0, 0.1) is 0 Å². The molecular weight excluding hydrogens is 607 g/mol. The van der Waals surface area contributed by atoms with Gasteiger partial charge < -0.3 is 47.9 Å². The number of ether oxygens (including phenoxy) is 3. The lowest BCUT2D eigenvalue weighted by Gasteiger charge is -2.38. The summed E-state index contributed by atoms with van der Waals surface area (Å²) in [5.74, 6) is 0.382. The zero-order valence-electron chi connectivity index (χ0n) is 25.6. The monoisotopic (exact) mass is 648 g/mol. The Kier molecular flexibility index (Phi) is 14.5. The number of nitrogens with one attached hydrogen (secondary N) is 1. The van der Waals surface area contributed by atoms with Gasteiger partial charge in [-0.15, -0.1) is 0 Å². The summed E-state index contributed by atoms with van der Waals surface area (Å²) in [5.41, 5.74) is 13.9. The number of esters is 1. The number of hydrogen-bond donors (Lipinski definition) is 3. The highest BCUT2D eigenvalue weighted by molar-refractivity contribution is 6.31. The fraction of sp³-hybridized carbons (Fsp3) is 0.419. The van der Waals surface area contributed by atoms with Crippen LogP contribution in [0.4, 0.5) is 11.6 Å². The zero-order chi connectivity index (χ0) is 31.4. The minimum atomic E-state index is -0.594. The van der Waals surface area contributed by atoms with Crippen molar-refractivity contribution in [2.45, 2.75) is 38.1 Å². The van der Waals surface area contributed by atoms with Crippen LogP contribution in [-0.2, 0) is 22.4 Å². The molecule has 13 heteroatoms. The Balaban J connectivity index is 0.00000675. The maximum absolute atomic E-state index is 13.2. The molecule has 1 heterocycles. The molecule has 44 heavy (non-hydrogen) atoms. The van der Waals surface area contributed by atoms with Gasteiger partial charge in [-0.2, -0.15) is 0 Å². The molecule has 240 valence electrons. The van der Waals surface area contributed by atoms with E-state index in [0.717, 1.165) is 50.3 Å². The molecule has 0 unspecified atom stereocenters. The van der Waals surface area contributed by atoms with Crippen molar-refractivity contribution in [2.75, 3.05) is 59.5 Å². The second-order valence-corrected chi connectivity index (χ2v) is 11.1. The number of nitrogens with two attached hydrogens (primary N) is 2. The smallest absolute Gasteiger partial charge is 0.307 e. The Hall–Kier alpha value is -3.80. The second kappa shape index (κ2) is 17.5. The highest BCUT2D eigenvalue weighted by atomic mass is 35.5. The molecule has 0 aliphatic carbocycles. The molecule has 0 radical (unpaired) electrons. The number of rotatable bonds is 16. The van der Waals surface area contributed by atoms with Gasteiger partial charge in [0.2, 0.25) is 0 Å². The van der Waals surface area contributed by atoms with E-state index in [1.807, 2.05) is 24.3 Å². The Morgan fingerprint density at radius 3 is 1.82 bits per heavy atom. The molecule has 0 aliphatic heterocycles. The molecule has 3 rings (SSSR count). The molecule has 0 saturated carbocycles. The lowest BCUT2D eigenvalue weighted by Crippen LogP contribution is -3.00. The number of aromatic nitrogens is 2. The normalized spacial score (nSPS) is 11.7. The summed E-state index contributed by atoms with van der Waals surface area (Å²) in [7, 11) is 6.77. The number of likely N-dealkylation sites (N-methyl/N-ethyl adjacent to an activating group) is 1. The van der Waals surface area contributed by atoms with E-state index >= 15 is 0 Å². The highest BCUT2D eigenvalue weighted by Crippen LogP contribution is 2.20. The molecular formula is C31H42Cl2N6O5. The van der Waals surface area contributed by atoms with Crippen LogP contribution in [0.25, 0.3) is 0 Å². The van der Waals surface area contributed by atoms with Crippen LogP contribution in [0.2, 0.25) is 5.15 Å². The molecule has 1 atom stereocenters. The molecule has 0 fully saturated rings. The maximum Gasteiger partial charge on any atom is 0.307 e. The topological polar surface area (TPSA) is 152 Å². The lowest BCUT2D eigenvalue weighted by molar-refractivity contribution is -0.911. The predicted molar refractivity (Wildman–Crippen MR) is 167 cm³/mol. The quantitative estimate of drug-likeness (QED) is 0.150. The molecule has 0 bridgehead atoms. The number of benzene rings is 2. The molecule has 0 aliphatic rings. The fourth-order valence-electron chi connectivity index (χ4n) is 5.05. The van der Waals surface area contributed by atoms with Crippen molar-refractivity contribution in [1.29, 1.82) is 0 Å². The van der Waals surface area contributed by atoms with Crippen molar-refractivity contribution in [3.05, 3.63) is 70.5 Å². The van der Waals surface area contributed by atoms with Gasteiger partial charge >= 0.3 is 5.97 Å². The van der Waals surface area contributed by atoms with Gasteiger partial charge in [0.15, 0.2) is 22.5 Å². The van der Waals surface area contributed by atoms with E-state index in [2.05, 4.69) is 46.6 Å². The van der Waals surface area contributed by atoms with Crippen LogP contribution in [0.3, 0.4) is 0 Å². The van der Waals surface area contributed by atoms with Gasteiger partial charge in [0.05, 0.1) is 60.5 Å². The number of carbonyl (C=O) groups is 2. The Morgan fingerprint density at radius 1 is 0.864 bits per heavy atom. The van der Waals surface area contributed by atoms with Gasteiger partial charge in [0.1, 0.15) is 11.5 Å². The van der Waals surface area contributed by atoms with Crippen LogP contribution in [-0.4, -0.2) is 80.4 Å². The summed E-state index contributed by atoms with van der Waals surface area (Å²) in [6.07, 6.45) is 3.52. The van der Waals surface area contributed by atoms with Crippen LogP contribution in [0.1, 0.15) is 40.9 Å². The van der Waals surface area contributed by atoms with Crippen molar-refractivity contribution < 1.29 is 40.7 Å². The van der Waals surface area contributed by atoms with E-state index < -0.39 is 17.9 Å². The third-order valence-corrected chi connectivity index (χ3v) is 7.68. The van der Waals surface area contributed by atoms with Crippen molar-refractivity contribution in [1.82, 2.24) is 15.3 Å². The number of nitrogen functional groups attached to an aromatic ring is 2. The van der Waals surface area contributed by atoms with Gasteiger partial charge in [-0.05, 0) is 48.2 Å². The molecule has 11 nitrogen and oxygen atoms in total. The third kappa shape index (κ3) is 11.0. The summed E-state index contributed by atoms with van der Waals surface area (Å²) in [5, 5.41) is 2.79. The van der Waals surface area contributed by atoms with Gasteiger partial charge in [-0.3, -0.25) is 9.59 Å². The number of aryl methyl sites for hydroxylation is 2. The fourth-order valence-corrected chi connectivity index (χ4v) is 5.18. The summed E-state index contributed by atoms with van der Waals surface area (Å²) < 4.78 is 16.1. The van der Waals surface area contributed by atoms with Gasteiger partial charge in [0.25, 0.3) is 5.91 Å². The highest BCUT2D eigenvalue weighted by Gasteiger charge is 2.30. The molecule has 2 aromatic carbocycles. The van der Waals surface area contributed by atoms with Crippen molar-refractivity contribution >= 4 is 35.1 Å². The number of nitrogens with zero attached hydrogens (tertiary/aromatic N) is 3. The van der Waals surface area contributed by atoms with Gasteiger partial charge in [0, 0.05) is 12.8 Å². The van der Waals surface area contributed by atoms with Gasteiger partial charge in [-0.25, -0.2) is 9.97 Å². The summed E-state index contributed by atoms with van der Waals surface area (Å²) in [6, 6.07) is 15.5. The Morgan fingerprint density at radius 2 is 1.36 bits per heavy atom. The van der Waals surface area contributed by atoms with Crippen LogP contribution in [0.15, 0.2) is 48.5 Å². The van der Waals surface area contributed by atoms with Crippen LogP contribution < -0.4 is 38.7 Å². The largest absolute Gasteiger partial charge is 1.00 e. The third-order valence-electron chi connectivity index (χ3n) is 7.40. The SMILES string of the molecule is COC(=O)C[C@@H](C[N+](C)(CCCc1ccc(OC)cc1)CCCc1ccc(OC)cc1)NC(=O)c1nc(Cl)c(N)nc1N.[Cl-]. The molecule has 5 N–H and O–H groups in total. The van der Waals surface area contributed by atoms with E-state index in [1.54, 1.807) is 14.2 Å².